The Labute approximate surface area is 207 Å². The molecule has 0 spiro atoms. The highest BCUT2D eigenvalue weighted by Crippen LogP contribution is 2.52. The number of halogens is 2. The second kappa shape index (κ2) is 9.21. The highest BCUT2D eigenvalue weighted by Gasteiger charge is 2.62. The number of alkyl halides is 1. The number of ketones is 2. The highest BCUT2D eigenvalue weighted by molar-refractivity contribution is 6.25. The minimum absolute atomic E-state index is 0.123. The zero-order chi connectivity index (χ0) is 27.4. The summed E-state index contributed by atoms with van der Waals surface area (Å²) in [5.41, 5.74) is 5.36. The van der Waals surface area contributed by atoms with Gasteiger partial charge >= 0.3 is 0 Å². The van der Waals surface area contributed by atoms with E-state index in [0.717, 1.165) is 6.07 Å². The van der Waals surface area contributed by atoms with Gasteiger partial charge in [0.25, 0.3) is 5.91 Å². The average Bonchev–Trinajstić information content (AvgIpc) is 2.82. The Morgan fingerprint density at radius 1 is 1.22 bits per heavy atom. The number of phenols is 1. The molecule has 4 atom stereocenters. The van der Waals surface area contributed by atoms with Crippen molar-refractivity contribution in [3.05, 3.63) is 45.7 Å². The molecular formula is C23H24F2N4O8. The number of hydrogen-bond donors (Lipinski definition) is 8. The molecule has 0 aliphatic heterocycles. The maximum Gasteiger partial charge on any atom is 0.255 e. The monoisotopic (exact) mass is 522 g/mol. The number of carbonyl (C=O) groups excluding carboxylic acids is 4. The molecule has 0 fully saturated rings. The van der Waals surface area contributed by atoms with E-state index in [9.17, 15) is 44.0 Å². The Morgan fingerprint density at radius 3 is 2.51 bits per heavy atom. The largest absolute Gasteiger partial charge is 0.510 e. The van der Waals surface area contributed by atoms with Gasteiger partial charge in [-0.3, -0.25) is 19.2 Å². The topological polar surface area (TPSA) is 225 Å². The first kappa shape index (κ1) is 26.2. The summed E-state index contributed by atoms with van der Waals surface area (Å²) < 4.78 is 27.3. The van der Waals surface area contributed by atoms with Crippen LogP contribution in [0, 0.1) is 17.7 Å². The summed E-state index contributed by atoms with van der Waals surface area (Å²) in [4.78, 5) is 50.3. The molecule has 0 aromatic heterocycles. The van der Waals surface area contributed by atoms with Gasteiger partial charge in [-0.05, 0) is 18.8 Å². The van der Waals surface area contributed by atoms with Gasteiger partial charge in [0.05, 0.1) is 23.8 Å². The molecule has 0 saturated carbocycles. The van der Waals surface area contributed by atoms with Crippen molar-refractivity contribution in [2.45, 2.75) is 24.5 Å². The van der Waals surface area contributed by atoms with Crippen molar-refractivity contribution in [1.29, 1.82) is 0 Å². The second-order valence-electron chi connectivity index (χ2n) is 9.10. The van der Waals surface area contributed by atoms with E-state index in [4.69, 9.17) is 11.5 Å². The number of phenolic OH excluding ortho intramolecular Hbond substituents is 1. The van der Waals surface area contributed by atoms with E-state index >= 15 is 4.39 Å². The first-order valence-corrected chi connectivity index (χ1v) is 11.2. The zero-order valence-corrected chi connectivity index (χ0v) is 19.2. The highest BCUT2D eigenvalue weighted by atomic mass is 19.1. The number of nitrogens with one attached hydrogen (secondary N) is 2. The van der Waals surface area contributed by atoms with Crippen molar-refractivity contribution < 1.29 is 48.4 Å². The molecule has 2 amide bonds. The number of aromatic hydroxyl groups is 1. The van der Waals surface area contributed by atoms with E-state index in [1.54, 1.807) is 0 Å². The van der Waals surface area contributed by atoms with Crippen LogP contribution in [0.15, 0.2) is 28.7 Å². The molecule has 198 valence electrons. The van der Waals surface area contributed by atoms with Crippen molar-refractivity contribution in [3.63, 3.8) is 0 Å². The molecule has 0 saturated heterocycles. The van der Waals surface area contributed by atoms with Gasteiger partial charge in [0.2, 0.25) is 11.7 Å². The SMILES string of the molecule is NC(=O)C1=C(O)[C@H](N)[C@@H]2C[C@@H]3Cc4c(F)cc(NC(=O)CNCCF)c(O)c4C(=O)C3=C(O)[C@]2(O)C1=O. The van der Waals surface area contributed by atoms with Crippen molar-refractivity contribution in [1.82, 2.24) is 5.32 Å². The Hall–Kier alpha value is -3.88. The summed E-state index contributed by atoms with van der Waals surface area (Å²) in [6.07, 6.45) is -0.546. The van der Waals surface area contributed by atoms with Gasteiger partial charge in [-0.1, -0.05) is 0 Å². The van der Waals surface area contributed by atoms with Crippen molar-refractivity contribution in [3.8, 4) is 5.75 Å². The van der Waals surface area contributed by atoms with Gasteiger partial charge in [-0.25, -0.2) is 8.78 Å². The first-order valence-electron chi connectivity index (χ1n) is 11.2. The third-order valence-electron chi connectivity index (χ3n) is 7.03. The quantitative estimate of drug-likeness (QED) is 0.131. The number of allylic oxidation sites excluding steroid dienone is 1. The fourth-order valence-corrected chi connectivity index (χ4v) is 5.30. The van der Waals surface area contributed by atoms with Gasteiger partial charge in [0.15, 0.2) is 17.1 Å². The molecule has 1 aromatic carbocycles. The van der Waals surface area contributed by atoms with E-state index in [2.05, 4.69) is 10.6 Å². The molecule has 4 rings (SSSR count). The van der Waals surface area contributed by atoms with Gasteiger partial charge in [-0.15, -0.1) is 0 Å². The maximum absolute atomic E-state index is 15.1. The number of benzene rings is 1. The van der Waals surface area contributed by atoms with E-state index in [1.807, 2.05) is 0 Å². The van der Waals surface area contributed by atoms with E-state index in [-0.39, 0.29) is 31.5 Å². The van der Waals surface area contributed by atoms with Crippen molar-refractivity contribution >= 4 is 29.1 Å². The number of carbonyl (C=O) groups is 4. The van der Waals surface area contributed by atoms with Crippen LogP contribution in [0.3, 0.4) is 0 Å². The fraction of sp³-hybridized carbons (Fsp3) is 0.391. The summed E-state index contributed by atoms with van der Waals surface area (Å²) in [6, 6.07) is -0.724. The van der Waals surface area contributed by atoms with Crippen LogP contribution in [-0.4, -0.2) is 75.2 Å². The maximum atomic E-state index is 15.1. The third-order valence-corrected chi connectivity index (χ3v) is 7.03. The predicted molar refractivity (Wildman–Crippen MR) is 122 cm³/mol. The number of nitrogens with two attached hydrogens (primary N) is 2. The Morgan fingerprint density at radius 2 is 1.89 bits per heavy atom. The lowest BCUT2D eigenvalue weighted by molar-refractivity contribution is -0.145. The molecule has 14 heteroatoms. The lowest BCUT2D eigenvalue weighted by Gasteiger charge is -2.47. The molecule has 0 heterocycles. The number of anilines is 1. The molecule has 0 bridgehead atoms. The molecule has 10 N–H and O–H groups in total. The summed E-state index contributed by atoms with van der Waals surface area (Å²) in [5.74, 6) is -10.9. The fourth-order valence-electron chi connectivity index (χ4n) is 5.30. The van der Waals surface area contributed by atoms with E-state index < -0.39 is 99.0 Å². The minimum atomic E-state index is -2.89. The molecule has 1 aromatic rings. The zero-order valence-electron chi connectivity index (χ0n) is 19.2. The van der Waals surface area contributed by atoms with Crippen molar-refractivity contribution in [2.24, 2.45) is 23.3 Å². The van der Waals surface area contributed by atoms with E-state index in [0.29, 0.717) is 0 Å². The number of aliphatic hydroxyl groups is 3. The lowest BCUT2D eigenvalue weighted by atomic mass is 9.59. The second-order valence-corrected chi connectivity index (χ2v) is 9.10. The van der Waals surface area contributed by atoms with E-state index in [1.165, 1.54) is 0 Å². The summed E-state index contributed by atoms with van der Waals surface area (Å²) in [7, 11) is 0. The van der Waals surface area contributed by atoms with Crippen LogP contribution >= 0.6 is 0 Å². The number of hydrogen-bond acceptors (Lipinski definition) is 10. The first-order chi connectivity index (χ1) is 17.4. The summed E-state index contributed by atoms with van der Waals surface area (Å²) in [5, 5.41) is 48.0. The van der Waals surface area contributed by atoms with Crippen LogP contribution in [0.4, 0.5) is 14.5 Å². The molecule has 3 aliphatic rings. The number of Topliss-reactive ketones (excluding diaryl/α,β-unsaturated/α-hetero) is 2. The summed E-state index contributed by atoms with van der Waals surface area (Å²) in [6.45, 7) is -1.23. The van der Waals surface area contributed by atoms with Crippen LogP contribution < -0.4 is 22.1 Å². The number of amides is 2. The number of fused-ring (bicyclic) bond motifs is 3. The van der Waals surface area contributed by atoms with Gasteiger partial charge in [0.1, 0.15) is 29.6 Å². The Balaban J connectivity index is 1.80. The minimum Gasteiger partial charge on any atom is -0.510 e. The predicted octanol–water partition coefficient (Wildman–Crippen LogP) is -0.846. The number of rotatable bonds is 6. The average molecular weight is 522 g/mol. The summed E-state index contributed by atoms with van der Waals surface area (Å²) >= 11 is 0. The third kappa shape index (κ3) is 3.84. The molecule has 37 heavy (non-hydrogen) atoms. The van der Waals surface area contributed by atoms with Gasteiger partial charge in [0, 0.05) is 29.7 Å². The van der Waals surface area contributed by atoms with Crippen LogP contribution in [0.25, 0.3) is 0 Å². The Bertz CT molecular complexity index is 1310. The van der Waals surface area contributed by atoms with Gasteiger partial charge in [-0.2, -0.15) is 0 Å². The normalized spacial score (nSPS) is 27.0. The molecule has 3 aliphatic carbocycles. The molecule has 12 nitrogen and oxygen atoms in total. The number of aliphatic hydroxyl groups excluding tert-OH is 2. The standard InChI is InChI=1S/C23H24F2N4O8/c24-1-2-28-6-12(30)29-11-5-10(25)8-3-7-4-9-16(26)19(33)15(22(27)36)21(35)23(9,37)20(34)13(7)18(32)14(8)17(11)31/h5,7,9,16,28,31,33-34,37H,1-4,6,26H2,(H2,27,36)(H,29,30)/t7-,9-,16+,23-/m0/s1. The molecule has 0 unspecified atom stereocenters. The lowest BCUT2D eigenvalue weighted by Crippen LogP contribution is -2.63. The van der Waals surface area contributed by atoms with Crippen LogP contribution in [0.5, 0.6) is 5.75 Å². The van der Waals surface area contributed by atoms with Crippen molar-refractivity contribution in [2.75, 3.05) is 25.1 Å². The Kier molecular flexibility index (Phi) is 6.52. The van der Waals surface area contributed by atoms with Crippen LogP contribution in [-0.2, 0) is 20.8 Å². The van der Waals surface area contributed by atoms with Crippen LogP contribution in [0.2, 0.25) is 0 Å². The molecular weight excluding hydrogens is 498 g/mol. The van der Waals surface area contributed by atoms with Crippen LogP contribution in [0.1, 0.15) is 22.3 Å². The van der Waals surface area contributed by atoms with Gasteiger partial charge < -0.3 is 42.5 Å². The smallest absolute Gasteiger partial charge is 0.255 e. The molecule has 0 radical (unpaired) electrons. The number of primary amides is 1.